The van der Waals surface area contributed by atoms with E-state index < -0.39 is 0 Å². The van der Waals surface area contributed by atoms with Gasteiger partial charge in [0.2, 0.25) is 0 Å². The number of nitrogens with zero attached hydrogens (tertiary/aromatic N) is 4. The molecule has 32 heavy (non-hydrogen) atoms. The van der Waals surface area contributed by atoms with Gasteiger partial charge in [-0.15, -0.1) is 5.10 Å². The van der Waals surface area contributed by atoms with Crippen LogP contribution in [0.25, 0.3) is 10.8 Å². The molecule has 0 spiro atoms. The summed E-state index contributed by atoms with van der Waals surface area (Å²) >= 11 is 0. The summed E-state index contributed by atoms with van der Waals surface area (Å²) in [4.78, 5) is 2.57. The molecule has 3 heterocycles. The molecule has 2 aliphatic heterocycles. The number of fused-ring (bicyclic) bond motifs is 2. The van der Waals surface area contributed by atoms with E-state index in [9.17, 15) is 5.26 Å². The van der Waals surface area contributed by atoms with Gasteiger partial charge >= 0.3 is 0 Å². The first-order valence-electron chi connectivity index (χ1n) is 11.5. The Morgan fingerprint density at radius 3 is 2.75 bits per heavy atom. The highest BCUT2D eigenvalue weighted by atomic mass is 16.5. The molecule has 0 aliphatic carbocycles. The lowest BCUT2D eigenvalue weighted by atomic mass is 9.98. The summed E-state index contributed by atoms with van der Waals surface area (Å²) in [7, 11) is 0. The van der Waals surface area contributed by atoms with Crippen molar-refractivity contribution in [2.75, 3.05) is 30.0 Å². The van der Waals surface area contributed by atoms with Gasteiger partial charge in [0.25, 0.3) is 0 Å². The lowest BCUT2D eigenvalue weighted by Gasteiger charge is -2.33. The first-order valence-corrected chi connectivity index (χ1v) is 11.5. The predicted molar refractivity (Wildman–Crippen MR) is 127 cm³/mol. The van der Waals surface area contributed by atoms with Crippen LogP contribution in [0.5, 0.6) is 0 Å². The Morgan fingerprint density at radius 1 is 1.16 bits per heavy atom. The van der Waals surface area contributed by atoms with E-state index in [1.54, 1.807) is 0 Å². The Labute approximate surface area is 189 Å². The van der Waals surface area contributed by atoms with Crippen molar-refractivity contribution in [2.45, 2.75) is 52.1 Å². The monoisotopic (exact) mass is 427 g/mol. The third-order valence-electron chi connectivity index (χ3n) is 7.04. The van der Waals surface area contributed by atoms with Crippen molar-refractivity contribution in [3.63, 3.8) is 0 Å². The molecular formula is C26H29N5O. The molecule has 0 saturated carbocycles. The number of rotatable bonds is 4. The lowest BCUT2D eigenvalue weighted by molar-refractivity contribution is 0.0848. The fourth-order valence-corrected chi connectivity index (χ4v) is 5.20. The second kappa shape index (κ2) is 8.40. The van der Waals surface area contributed by atoms with Crippen molar-refractivity contribution in [1.29, 1.82) is 5.26 Å². The average Bonchev–Trinajstić information content (AvgIpc) is 3.23. The van der Waals surface area contributed by atoms with Gasteiger partial charge in [-0.3, -0.25) is 0 Å². The molecule has 0 amide bonds. The van der Waals surface area contributed by atoms with Gasteiger partial charge in [0.1, 0.15) is 0 Å². The minimum atomic E-state index is 0.00311. The summed E-state index contributed by atoms with van der Waals surface area (Å²) < 4.78 is 5.59. The van der Waals surface area contributed by atoms with Crippen LogP contribution in [0.1, 0.15) is 53.8 Å². The van der Waals surface area contributed by atoms with E-state index in [1.807, 2.05) is 26.0 Å². The second-order valence-corrected chi connectivity index (χ2v) is 8.95. The van der Waals surface area contributed by atoms with Crippen LogP contribution in [0.2, 0.25) is 0 Å². The number of hydrogen-bond acceptors (Lipinski definition) is 6. The summed E-state index contributed by atoms with van der Waals surface area (Å²) in [5.41, 5.74) is 6.50. The van der Waals surface area contributed by atoms with Crippen LogP contribution in [0.4, 0.5) is 11.5 Å². The van der Waals surface area contributed by atoms with Crippen molar-refractivity contribution in [2.24, 2.45) is 0 Å². The minimum absolute atomic E-state index is 0.00311. The third-order valence-corrected chi connectivity index (χ3v) is 7.04. The molecule has 5 rings (SSSR count). The number of nitriles is 1. The fourth-order valence-electron chi connectivity index (χ4n) is 5.20. The van der Waals surface area contributed by atoms with Gasteiger partial charge < -0.3 is 15.0 Å². The Bertz CT molecular complexity index is 1210. The van der Waals surface area contributed by atoms with Crippen molar-refractivity contribution in [1.82, 2.24) is 10.2 Å². The number of hydrogen-bond donors (Lipinski definition) is 1. The second-order valence-electron chi connectivity index (χ2n) is 8.95. The van der Waals surface area contributed by atoms with Gasteiger partial charge in [-0.05, 0) is 74.9 Å². The van der Waals surface area contributed by atoms with E-state index in [0.29, 0.717) is 11.6 Å². The highest BCUT2D eigenvalue weighted by molar-refractivity contribution is 5.97. The van der Waals surface area contributed by atoms with E-state index in [-0.39, 0.29) is 6.04 Å². The van der Waals surface area contributed by atoms with Crippen molar-refractivity contribution >= 4 is 22.3 Å². The van der Waals surface area contributed by atoms with Crippen molar-refractivity contribution in [3.8, 4) is 6.07 Å². The SMILES string of the molecule is Cc1c(C#N)cccc1[C@@H](C)Nc1nnc(C)c2cc3c(cc12)N(C1CCOCC1)CC3. The summed E-state index contributed by atoms with van der Waals surface area (Å²) in [5, 5.41) is 24.2. The molecule has 1 fully saturated rings. The van der Waals surface area contributed by atoms with Crippen molar-refractivity contribution in [3.05, 3.63) is 58.3 Å². The van der Waals surface area contributed by atoms with Crippen LogP contribution >= 0.6 is 0 Å². The molecule has 0 unspecified atom stereocenters. The molecule has 1 atom stereocenters. The number of nitrogens with one attached hydrogen (secondary N) is 1. The summed E-state index contributed by atoms with van der Waals surface area (Å²) in [6.45, 7) is 8.90. The maximum Gasteiger partial charge on any atom is 0.157 e. The van der Waals surface area contributed by atoms with Crippen LogP contribution in [0, 0.1) is 25.2 Å². The summed E-state index contributed by atoms with van der Waals surface area (Å²) in [5.74, 6) is 0.793. The van der Waals surface area contributed by atoms with E-state index in [0.717, 1.165) is 72.4 Å². The minimum Gasteiger partial charge on any atom is -0.381 e. The molecule has 1 aromatic heterocycles. The molecule has 164 valence electrons. The molecular weight excluding hydrogens is 398 g/mol. The zero-order valence-corrected chi connectivity index (χ0v) is 19.0. The molecule has 3 aromatic rings. The summed E-state index contributed by atoms with van der Waals surface area (Å²) in [6, 6.07) is 13.3. The molecule has 0 bridgehead atoms. The smallest absolute Gasteiger partial charge is 0.157 e. The zero-order valence-electron chi connectivity index (χ0n) is 19.0. The van der Waals surface area contributed by atoms with E-state index in [1.165, 1.54) is 11.3 Å². The van der Waals surface area contributed by atoms with Crippen molar-refractivity contribution < 1.29 is 4.74 Å². The highest BCUT2D eigenvalue weighted by Gasteiger charge is 2.29. The quantitative estimate of drug-likeness (QED) is 0.643. The number of ether oxygens (including phenoxy) is 1. The molecule has 1 N–H and O–H groups in total. The zero-order chi connectivity index (χ0) is 22.2. The maximum atomic E-state index is 9.40. The summed E-state index contributed by atoms with van der Waals surface area (Å²) in [6.07, 6.45) is 3.24. The highest BCUT2D eigenvalue weighted by Crippen LogP contribution is 2.38. The topological polar surface area (TPSA) is 74.1 Å². The molecule has 6 heteroatoms. The van der Waals surface area contributed by atoms with Crippen LogP contribution < -0.4 is 10.2 Å². The largest absolute Gasteiger partial charge is 0.381 e. The molecule has 6 nitrogen and oxygen atoms in total. The average molecular weight is 428 g/mol. The van der Waals surface area contributed by atoms with E-state index >= 15 is 0 Å². The Hall–Kier alpha value is -3.17. The normalized spacial score (nSPS) is 17.2. The Kier molecular flexibility index (Phi) is 5.44. The number of aromatic nitrogens is 2. The standard InChI is InChI=1S/C26H29N5O/c1-16-20(15-27)5-4-6-22(16)17(2)28-26-24-14-25-19(13-23(24)18(3)29-30-26)7-10-31(25)21-8-11-32-12-9-21/h4-6,13-14,17,21H,7-12H2,1-3H3,(H,28,30)/t17-/m1/s1. The van der Waals surface area contributed by atoms with Gasteiger partial charge in [-0.25, -0.2) is 0 Å². The Morgan fingerprint density at radius 2 is 1.97 bits per heavy atom. The predicted octanol–water partition coefficient (Wildman–Crippen LogP) is 4.83. The number of benzene rings is 2. The molecule has 2 aromatic carbocycles. The number of anilines is 2. The Balaban J connectivity index is 1.53. The van der Waals surface area contributed by atoms with Crippen LogP contribution in [-0.4, -0.2) is 36.0 Å². The first-order chi connectivity index (χ1) is 15.6. The maximum absolute atomic E-state index is 9.40. The van der Waals surface area contributed by atoms with Gasteiger partial charge in [-0.2, -0.15) is 10.4 Å². The fraction of sp³-hybridized carbons (Fsp3) is 0.423. The molecule has 0 radical (unpaired) electrons. The van der Waals surface area contributed by atoms with Gasteiger partial charge in [-0.1, -0.05) is 12.1 Å². The van der Waals surface area contributed by atoms with Crippen LogP contribution in [-0.2, 0) is 11.2 Å². The number of aryl methyl sites for hydroxylation is 1. The van der Waals surface area contributed by atoms with Gasteiger partial charge in [0.05, 0.1) is 23.4 Å². The van der Waals surface area contributed by atoms with Crippen LogP contribution in [0.3, 0.4) is 0 Å². The molecule has 1 saturated heterocycles. The molecule has 2 aliphatic rings. The lowest BCUT2D eigenvalue weighted by Crippen LogP contribution is -2.38. The van der Waals surface area contributed by atoms with Gasteiger partial charge in [0, 0.05) is 42.3 Å². The van der Waals surface area contributed by atoms with E-state index in [4.69, 9.17) is 4.74 Å². The first kappa shape index (κ1) is 20.7. The van der Waals surface area contributed by atoms with Gasteiger partial charge in [0.15, 0.2) is 5.82 Å². The van der Waals surface area contributed by atoms with E-state index in [2.05, 4.69) is 51.6 Å². The van der Waals surface area contributed by atoms with Crippen LogP contribution in [0.15, 0.2) is 30.3 Å². The third kappa shape index (κ3) is 3.57.